The quantitative estimate of drug-likeness (QED) is 0.147. The summed E-state index contributed by atoms with van der Waals surface area (Å²) in [5.41, 5.74) is 11.9. The first-order valence-electron chi connectivity index (χ1n) is 16.8. The molecule has 0 unspecified atom stereocenters. The second-order valence-corrected chi connectivity index (χ2v) is 14.1. The van der Waals surface area contributed by atoms with E-state index in [0.717, 1.165) is 45.5 Å². The summed E-state index contributed by atoms with van der Waals surface area (Å²) in [6.07, 6.45) is 1.89. The number of carbonyl (C=O) groups is 2. The maximum Gasteiger partial charge on any atom is 0.425 e. The largest absolute Gasteiger partial charge is 0.425 e. The molecule has 0 aliphatic rings. The van der Waals surface area contributed by atoms with Crippen LogP contribution >= 0.6 is 0 Å². The van der Waals surface area contributed by atoms with Crippen molar-refractivity contribution in [3.8, 4) is 22.3 Å². The highest BCUT2D eigenvalue weighted by Crippen LogP contribution is 2.30. The van der Waals surface area contributed by atoms with E-state index in [1.165, 1.54) is 22.3 Å². The van der Waals surface area contributed by atoms with Crippen molar-refractivity contribution in [3.05, 3.63) is 149 Å². The van der Waals surface area contributed by atoms with Gasteiger partial charge in [0, 0.05) is 17.7 Å². The Hall–Kier alpha value is -5.14. The van der Waals surface area contributed by atoms with E-state index >= 15 is 0 Å². The highest BCUT2D eigenvalue weighted by Gasteiger charge is 2.22. The highest BCUT2D eigenvalue weighted by atomic mass is 32.2. The lowest BCUT2D eigenvalue weighted by atomic mass is 9.86. The normalized spacial score (nSPS) is 11.6. The van der Waals surface area contributed by atoms with Gasteiger partial charge in [0.05, 0.1) is 5.92 Å². The van der Waals surface area contributed by atoms with Crippen molar-refractivity contribution in [1.29, 1.82) is 0 Å². The molecule has 7 heteroatoms. The van der Waals surface area contributed by atoms with Crippen molar-refractivity contribution >= 4 is 28.0 Å². The Balaban J connectivity index is 0.00000133. The van der Waals surface area contributed by atoms with Gasteiger partial charge in [-0.25, -0.2) is 0 Å². The van der Waals surface area contributed by atoms with Crippen LogP contribution in [0.2, 0.25) is 0 Å². The molecule has 50 heavy (non-hydrogen) atoms. The average molecular weight is 688 g/mol. The molecule has 6 nitrogen and oxygen atoms in total. The first kappa shape index (κ1) is 37.7. The van der Waals surface area contributed by atoms with Gasteiger partial charge < -0.3 is 5.32 Å². The Morgan fingerprint density at radius 2 is 1.24 bits per heavy atom. The Morgan fingerprint density at radius 1 is 0.700 bits per heavy atom. The van der Waals surface area contributed by atoms with Crippen molar-refractivity contribution in [2.75, 3.05) is 5.32 Å². The Morgan fingerprint density at radius 3 is 1.76 bits per heavy atom. The highest BCUT2D eigenvalue weighted by molar-refractivity contribution is 7.59. The third kappa shape index (κ3) is 10.4. The van der Waals surface area contributed by atoms with Gasteiger partial charge in [0.25, 0.3) is 0 Å². The summed E-state index contributed by atoms with van der Waals surface area (Å²) in [6, 6.07) is 39.3. The van der Waals surface area contributed by atoms with E-state index in [0.29, 0.717) is 12.8 Å². The molecular formula is C43H45NO5S. The second kappa shape index (κ2) is 17.0. The van der Waals surface area contributed by atoms with Gasteiger partial charge in [-0.05, 0) is 88.7 Å². The van der Waals surface area contributed by atoms with E-state index in [1.54, 1.807) is 0 Å². The minimum atomic E-state index is -3.11. The second-order valence-electron chi connectivity index (χ2n) is 13.7. The molecule has 0 saturated heterocycles. The average Bonchev–Trinajstić information content (AvgIpc) is 3.07. The molecule has 1 N–H and O–H groups in total. The Kier molecular flexibility index (Phi) is 12.8. The molecule has 5 rings (SSSR count). The SMILES string of the molecule is CCCC(=O)c1ccc(C[C@H](C(=O)Nc2ccc(-c3ccc(C)cc3C)cc2)c2ccc(-c3ccc(C(C)(C)C)cc3)cc2)cc1.O=S(=O)=O. The van der Waals surface area contributed by atoms with Gasteiger partial charge in [-0.1, -0.05) is 136 Å². The van der Waals surface area contributed by atoms with Crippen molar-refractivity contribution in [1.82, 2.24) is 0 Å². The maximum atomic E-state index is 13.9. The van der Waals surface area contributed by atoms with Crippen LogP contribution in [-0.4, -0.2) is 24.3 Å². The molecule has 0 aliphatic heterocycles. The standard InChI is InChI=1S/C43H45NO2.O3S/c1-7-8-41(45)36-12-10-31(11-13-36)28-40(35-16-14-32(15-17-35)33-18-22-37(23-19-33)43(4,5)6)42(46)44-38-24-20-34(21-25-38)39-26-9-29(2)27-30(39)3;1-4(2)3/h9-27,40H,7-8,28H2,1-6H3,(H,44,46);/t40-;/m0./s1. The van der Waals surface area contributed by atoms with E-state index in [4.69, 9.17) is 12.6 Å². The summed E-state index contributed by atoms with van der Waals surface area (Å²) < 4.78 is 25.3. The number of ketones is 1. The Labute approximate surface area is 297 Å². The number of aryl methyl sites for hydroxylation is 2. The lowest BCUT2D eigenvalue weighted by molar-refractivity contribution is -0.117. The number of hydrogen-bond acceptors (Lipinski definition) is 5. The third-order valence-electron chi connectivity index (χ3n) is 8.75. The van der Waals surface area contributed by atoms with Crippen LogP contribution < -0.4 is 5.32 Å². The van der Waals surface area contributed by atoms with Gasteiger partial charge in [0.2, 0.25) is 5.91 Å². The lowest BCUT2D eigenvalue weighted by Gasteiger charge is -2.20. The van der Waals surface area contributed by atoms with Crippen LogP contribution in [0.4, 0.5) is 5.69 Å². The summed E-state index contributed by atoms with van der Waals surface area (Å²) in [4.78, 5) is 26.4. The van der Waals surface area contributed by atoms with E-state index in [-0.39, 0.29) is 17.1 Å². The fourth-order valence-corrected chi connectivity index (χ4v) is 5.97. The molecule has 0 heterocycles. The van der Waals surface area contributed by atoms with Crippen LogP contribution in [0.5, 0.6) is 0 Å². The number of carbonyl (C=O) groups excluding carboxylic acids is 2. The zero-order chi connectivity index (χ0) is 36.4. The van der Waals surface area contributed by atoms with E-state index < -0.39 is 16.5 Å². The minimum Gasteiger partial charge on any atom is -0.326 e. The summed E-state index contributed by atoms with van der Waals surface area (Å²) in [5, 5.41) is 3.18. The van der Waals surface area contributed by atoms with Crippen LogP contribution in [0.1, 0.15) is 84.6 Å². The van der Waals surface area contributed by atoms with E-state index in [2.05, 4.69) is 119 Å². The molecule has 0 aliphatic carbocycles. The number of benzene rings is 5. The molecule has 1 amide bonds. The van der Waals surface area contributed by atoms with Gasteiger partial charge in [-0.3, -0.25) is 9.59 Å². The smallest absolute Gasteiger partial charge is 0.326 e. The van der Waals surface area contributed by atoms with Gasteiger partial charge in [0.1, 0.15) is 0 Å². The number of amides is 1. The number of anilines is 1. The zero-order valence-electron chi connectivity index (χ0n) is 29.6. The molecule has 0 fully saturated rings. The monoisotopic (exact) mass is 687 g/mol. The summed E-state index contributed by atoms with van der Waals surface area (Å²) in [6.45, 7) is 12.9. The molecule has 0 aromatic heterocycles. The van der Waals surface area contributed by atoms with Crippen LogP contribution in [0.25, 0.3) is 22.3 Å². The fourth-order valence-electron chi connectivity index (χ4n) is 5.97. The first-order chi connectivity index (χ1) is 23.7. The molecular weight excluding hydrogens is 643 g/mol. The molecule has 0 spiro atoms. The van der Waals surface area contributed by atoms with E-state index in [9.17, 15) is 9.59 Å². The summed E-state index contributed by atoms with van der Waals surface area (Å²) in [5.74, 6) is -0.319. The van der Waals surface area contributed by atoms with Crippen LogP contribution in [0.15, 0.2) is 115 Å². The van der Waals surface area contributed by atoms with Gasteiger partial charge >= 0.3 is 10.6 Å². The van der Waals surface area contributed by atoms with E-state index in [1.807, 2.05) is 43.3 Å². The van der Waals surface area contributed by atoms with Crippen LogP contribution in [0.3, 0.4) is 0 Å². The van der Waals surface area contributed by atoms with Crippen LogP contribution in [0, 0.1) is 13.8 Å². The lowest BCUT2D eigenvalue weighted by Crippen LogP contribution is -2.23. The Bertz CT molecular complexity index is 2020. The minimum absolute atomic E-state index is 0.0623. The van der Waals surface area contributed by atoms with Gasteiger partial charge in [0.15, 0.2) is 5.78 Å². The first-order valence-corrected chi connectivity index (χ1v) is 17.8. The van der Waals surface area contributed by atoms with Gasteiger partial charge in [-0.15, -0.1) is 12.6 Å². The molecule has 0 bridgehead atoms. The van der Waals surface area contributed by atoms with Crippen LogP contribution in [-0.2, 0) is 27.2 Å². The third-order valence-corrected chi connectivity index (χ3v) is 8.75. The molecule has 5 aromatic carbocycles. The number of hydrogen-bond donors (Lipinski definition) is 1. The van der Waals surface area contributed by atoms with Crippen molar-refractivity contribution in [3.63, 3.8) is 0 Å². The summed E-state index contributed by atoms with van der Waals surface area (Å²) in [7, 11) is -3.11. The molecule has 5 aromatic rings. The fraction of sp³-hybridized carbons (Fsp3) is 0.256. The van der Waals surface area contributed by atoms with Gasteiger partial charge in [-0.2, -0.15) is 0 Å². The zero-order valence-corrected chi connectivity index (χ0v) is 30.4. The predicted molar refractivity (Wildman–Crippen MR) is 202 cm³/mol. The molecule has 1 atom stereocenters. The molecule has 0 radical (unpaired) electrons. The van der Waals surface area contributed by atoms with Crippen molar-refractivity contribution in [2.24, 2.45) is 0 Å². The van der Waals surface area contributed by atoms with Crippen molar-refractivity contribution in [2.45, 2.75) is 72.1 Å². The molecule has 258 valence electrons. The topological polar surface area (TPSA) is 97.4 Å². The van der Waals surface area contributed by atoms with Crippen molar-refractivity contribution < 1.29 is 22.2 Å². The predicted octanol–water partition coefficient (Wildman–Crippen LogP) is 9.88. The maximum absolute atomic E-state index is 13.9. The number of rotatable bonds is 10. The number of nitrogens with one attached hydrogen (secondary N) is 1. The number of Topliss-reactive ketones (excluding diaryl/α,β-unsaturated/α-hetero) is 1. The molecule has 0 saturated carbocycles. The summed E-state index contributed by atoms with van der Waals surface area (Å²) >= 11 is 0.